The first-order chi connectivity index (χ1) is 8.75. The van der Waals surface area contributed by atoms with E-state index in [0.717, 1.165) is 25.3 Å². The fourth-order valence-electron chi connectivity index (χ4n) is 2.84. The monoisotopic (exact) mass is 263 g/mol. The molecule has 2 atom stereocenters. The van der Waals surface area contributed by atoms with E-state index in [9.17, 15) is 0 Å². The van der Waals surface area contributed by atoms with E-state index in [1.807, 2.05) is 6.07 Å². The Morgan fingerprint density at radius 3 is 3.11 bits per heavy atom. The Morgan fingerprint density at radius 2 is 2.33 bits per heavy atom. The van der Waals surface area contributed by atoms with Gasteiger partial charge in [0, 0.05) is 24.3 Å². The summed E-state index contributed by atoms with van der Waals surface area (Å²) in [5, 5.41) is 3.60. The molecule has 2 aliphatic heterocycles. The van der Waals surface area contributed by atoms with Gasteiger partial charge < -0.3 is 10.1 Å². The number of thioether (sulfide) groups is 1. The zero-order valence-corrected chi connectivity index (χ0v) is 11.8. The average Bonchev–Trinajstić information content (AvgIpc) is 2.95. The number of para-hydroxylation sites is 1. The summed E-state index contributed by atoms with van der Waals surface area (Å²) in [6, 6.07) is 8.38. The van der Waals surface area contributed by atoms with Crippen molar-refractivity contribution in [3.63, 3.8) is 0 Å². The summed E-state index contributed by atoms with van der Waals surface area (Å²) in [5.74, 6) is 2.40. The van der Waals surface area contributed by atoms with E-state index in [1.165, 1.54) is 24.2 Å². The molecule has 2 nitrogen and oxygen atoms in total. The van der Waals surface area contributed by atoms with Crippen LogP contribution in [0.5, 0.6) is 5.75 Å². The molecule has 0 spiro atoms. The highest BCUT2D eigenvalue weighted by molar-refractivity contribution is 8.00. The number of nitrogens with one attached hydrogen (secondary N) is 1. The summed E-state index contributed by atoms with van der Waals surface area (Å²) >= 11 is 2.11. The van der Waals surface area contributed by atoms with Gasteiger partial charge in [0.05, 0.1) is 0 Å². The van der Waals surface area contributed by atoms with Gasteiger partial charge in [0.15, 0.2) is 0 Å². The number of fused-ring (bicyclic) bond motifs is 1. The summed E-state index contributed by atoms with van der Waals surface area (Å²) in [7, 11) is 0. The lowest BCUT2D eigenvalue weighted by Gasteiger charge is -2.24. The second-order valence-corrected chi connectivity index (χ2v) is 7.27. The van der Waals surface area contributed by atoms with Crippen molar-refractivity contribution >= 4 is 11.8 Å². The summed E-state index contributed by atoms with van der Waals surface area (Å²) in [6.45, 7) is 4.45. The van der Waals surface area contributed by atoms with Crippen LogP contribution < -0.4 is 10.1 Å². The number of hydrogen-bond donors (Lipinski definition) is 1. The molecule has 0 aromatic heterocycles. The van der Waals surface area contributed by atoms with Crippen molar-refractivity contribution < 1.29 is 4.74 Å². The van der Waals surface area contributed by atoms with Gasteiger partial charge in [0.25, 0.3) is 0 Å². The van der Waals surface area contributed by atoms with Crippen molar-refractivity contribution in [1.29, 1.82) is 0 Å². The number of hydrogen-bond acceptors (Lipinski definition) is 3. The third kappa shape index (κ3) is 2.67. The molecule has 98 valence electrons. The van der Waals surface area contributed by atoms with E-state index in [4.69, 9.17) is 4.74 Å². The Morgan fingerprint density at radius 1 is 1.44 bits per heavy atom. The van der Waals surface area contributed by atoms with Gasteiger partial charge in [-0.2, -0.15) is 11.8 Å². The molecule has 2 heterocycles. The fourth-order valence-corrected chi connectivity index (χ4v) is 4.12. The molecular weight excluding hydrogens is 242 g/mol. The molecule has 1 aromatic carbocycles. The van der Waals surface area contributed by atoms with E-state index in [-0.39, 0.29) is 0 Å². The first-order valence-corrected chi connectivity index (χ1v) is 7.83. The van der Waals surface area contributed by atoms with Gasteiger partial charge in [-0.15, -0.1) is 0 Å². The zero-order valence-electron chi connectivity index (χ0n) is 10.9. The fraction of sp³-hybridized carbons (Fsp3) is 0.600. The van der Waals surface area contributed by atoms with Crippen LogP contribution in [-0.2, 0) is 6.42 Å². The highest BCUT2D eigenvalue weighted by atomic mass is 32.2. The summed E-state index contributed by atoms with van der Waals surface area (Å²) in [6.07, 6.45) is 4.08. The lowest BCUT2D eigenvalue weighted by molar-refractivity contribution is 0.226. The summed E-state index contributed by atoms with van der Waals surface area (Å²) < 4.78 is 6.39. The van der Waals surface area contributed by atoms with Crippen LogP contribution in [0.1, 0.15) is 25.3 Å². The Hall–Kier alpha value is -0.670. The molecule has 1 N–H and O–H groups in total. The predicted molar refractivity (Wildman–Crippen MR) is 77.5 cm³/mol. The van der Waals surface area contributed by atoms with E-state index < -0.39 is 0 Å². The van der Waals surface area contributed by atoms with Gasteiger partial charge >= 0.3 is 0 Å². The van der Waals surface area contributed by atoms with Gasteiger partial charge in [0.2, 0.25) is 0 Å². The second kappa shape index (κ2) is 5.14. The molecule has 1 saturated heterocycles. The molecule has 18 heavy (non-hydrogen) atoms. The molecule has 1 aromatic rings. The average molecular weight is 263 g/mol. The van der Waals surface area contributed by atoms with Gasteiger partial charge in [-0.1, -0.05) is 18.2 Å². The predicted octanol–water partition coefficient (Wildman–Crippen LogP) is 2.87. The molecule has 3 rings (SSSR count). The van der Waals surface area contributed by atoms with E-state index in [0.29, 0.717) is 10.9 Å². The lowest BCUT2D eigenvalue weighted by Crippen LogP contribution is -2.38. The Labute approximate surface area is 113 Å². The van der Waals surface area contributed by atoms with Crippen molar-refractivity contribution in [2.75, 3.05) is 18.8 Å². The van der Waals surface area contributed by atoms with E-state index in [1.54, 1.807) is 0 Å². The first-order valence-electron chi connectivity index (χ1n) is 6.84. The van der Waals surface area contributed by atoms with Crippen LogP contribution in [-0.4, -0.2) is 29.7 Å². The van der Waals surface area contributed by atoms with Crippen LogP contribution in [0.3, 0.4) is 0 Å². The smallest absolute Gasteiger partial charge is 0.123 e. The highest BCUT2D eigenvalue weighted by Gasteiger charge is 2.29. The molecule has 0 saturated carbocycles. The quantitative estimate of drug-likeness (QED) is 0.902. The molecular formula is C15H21NOS. The van der Waals surface area contributed by atoms with Crippen LogP contribution in [0.2, 0.25) is 0 Å². The minimum absolute atomic E-state index is 0.317. The Balaban J connectivity index is 1.46. The molecule has 0 bridgehead atoms. The van der Waals surface area contributed by atoms with Crippen LogP contribution >= 0.6 is 11.8 Å². The van der Waals surface area contributed by atoms with Crippen molar-refractivity contribution in [1.82, 2.24) is 5.32 Å². The van der Waals surface area contributed by atoms with Crippen LogP contribution in [0.4, 0.5) is 0 Å². The lowest BCUT2D eigenvalue weighted by atomic mass is 10.1. The molecule has 2 unspecified atom stereocenters. The SMILES string of the molecule is CC1(CNCC2Cc3ccccc3O2)CCCS1. The van der Waals surface area contributed by atoms with Gasteiger partial charge in [-0.05, 0) is 37.1 Å². The molecule has 0 aliphatic carbocycles. The Kier molecular flexibility index (Phi) is 3.53. The maximum Gasteiger partial charge on any atom is 0.123 e. The maximum atomic E-state index is 5.94. The standard InChI is InChI=1S/C15H21NOS/c1-15(7-4-8-18-15)11-16-10-13-9-12-5-2-3-6-14(12)17-13/h2-3,5-6,13,16H,4,7-11H2,1H3. The molecule has 0 amide bonds. The van der Waals surface area contributed by atoms with Crippen LogP contribution in [0.15, 0.2) is 24.3 Å². The van der Waals surface area contributed by atoms with Crippen LogP contribution in [0.25, 0.3) is 0 Å². The third-order valence-electron chi connectivity index (χ3n) is 3.89. The largest absolute Gasteiger partial charge is 0.488 e. The summed E-state index contributed by atoms with van der Waals surface area (Å²) in [4.78, 5) is 0. The van der Waals surface area contributed by atoms with Crippen molar-refractivity contribution in [3.05, 3.63) is 29.8 Å². The van der Waals surface area contributed by atoms with Crippen molar-refractivity contribution in [2.24, 2.45) is 0 Å². The molecule has 2 aliphatic rings. The van der Waals surface area contributed by atoms with E-state index in [2.05, 4.69) is 42.2 Å². The number of rotatable bonds is 4. The maximum absolute atomic E-state index is 5.94. The minimum Gasteiger partial charge on any atom is -0.488 e. The molecule has 0 radical (unpaired) electrons. The minimum atomic E-state index is 0.317. The summed E-state index contributed by atoms with van der Waals surface area (Å²) in [5.41, 5.74) is 1.35. The number of benzene rings is 1. The van der Waals surface area contributed by atoms with Gasteiger partial charge in [-0.3, -0.25) is 0 Å². The van der Waals surface area contributed by atoms with Gasteiger partial charge in [0.1, 0.15) is 11.9 Å². The van der Waals surface area contributed by atoms with E-state index >= 15 is 0 Å². The van der Waals surface area contributed by atoms with Crippen molar-refractivity contribution in [3.8, 4) is 5.75 Å². The number of ether oxygens (including phenoxy) is 1. The van der Waals surface area contributed by atoms with Gasteiger partial charge in [-0.25, -0.2) is 0 Å². The highest BCUT2D eigenvalue weighted by Crippen LogP contribution is 2.37. The first kappa shape index (κ1) is 12.4. The Bertz CT molecular complexity index is 390. The molecule has 1 fully saturated rings. The van der Waals surface area contributed by atoms with Crippen molar-refractivity contribution in [2.45, 2.75) is 37.0 Å². The normalized spacial score (nSPS) is 30.2. The topological polar surface area (TPSA) is 21.3 Å². The third-order valence-corrected chi connectivity index (χ3v) is 5.42. The molecule has 3 heteroatoms. The zero-order chi connectivity index (χ0) is 12.4. The second-order valence-electron chi connectivity index (χ2n) is 5.58. The van der Waals surface area contributed by atoms with Crippen LogP contribution in [0, 0.1) is 0 Å².